The Morgan fingerprint density at radius 3 is 2.32 bits per heavy atom. The molecule has 1 aliphatic heterocycles. The Labute approximate surface area is 133 Å². The van der Waals surface area contributed by atoms with Crippen LogP contribution in [0.2, 0.25) is 0 Å². The second-order valence-electron chi connectivity index (χ2n) is 6.75. The van der Waals surface area contributed by atoms with Gasteiger partial charge in [0.2, 0.25) is 0 Å². The van der Waals surface area contributed by atoms with Crippen LogP contribution >= 0.6 is 0 Å². The maximum atomic E-state index is 12.0. The highest BCUT2D eigenvalue weighted by Crippen LogP contribution is 2.23. The molecule has 1 rings (SSSR count). The van der Waals surface area contributed by atoms with Gasteiger partial charge in [0.15, 0.2) is 0 Å². The Kier molecular flexibility index (Phi) is 6.91. The summed E-state index contributed by atoms with van der Waals surface area (Å²) in [6.45, 7) is 11.0. The Morgan fingerprint density at radius 1 is 1.23 bits per heavy atom. The number of esters is 1. The Morgan fingerprint density at radius 2 is 1.82 bits per heavy atom. The van der Waals surface area contributed by atoms with E-state index in [1.165, 1.54) is 0 Å². The second kappa shape index (κ2) is 8.20. The molecule has 0 N–H and O–H groups in total. The van der Waals surface area contributed by atoms with Crippen LogP contribution in [0.1, 0.15) is 53.9 Å². The summed E-state index contributed by atoms with van der Waals surface area (Å²) in [5.41, 5.74) is 0.212. The molecule has 5 heteroatoms. The molecule has 22 heavy (non-hydrogen) atoms. The largest absolute Gasteiger partial charge is 0.463 e. The fourth-order valence-corrected chi connectivity index (χ4v) is 2.35. The number of hydrogen-bond acceptors (Lipinski definition) is 4. The number of nitrogens with zero attached hydrogens (tertiary/aromatic N) is 1. The van der Waals surface area contributed by atoms with E-state index in [1.807, 2.05) is 26.8 Å². The molecule has 0 aromatic carbocycles. The van der Waals surface area contributed by atoms with Crippen molar-refractivity contribution in [2.24, 2.45) is 5.92 Å². The van der Waals surface area contributed by atoms with Crippen molar-refractivity contribution >= 4 is 12.1 Å². The third kappa shape index (κ3) is 6.50. The number of piperidine rings is 1. The lowest BCUT2D eigenvalue weighted by molar-refractivity contribution is -0.138. The summed E-state index contributed by atoms with van der Waals surface area (Å²) in [6.07, 6.45) is 4.44. The minimum Gasteiger partial charge on any atom is -0.463 e. The van der Waals surface area contributed by atoms with E-state index in [0.717, 1.165) is 19.3 Å². The first kappa shape index (κ1) is 18.5. The third-order valence-corrected chi connectivity index (χ3v) is 3.62. The molecule has 1 fully saturated rings. The summed E-state index contributed by atoms with van der Waals surface area (Å²) >= 11 is 0. The highest BCUT2D eigenvalue weighted by atomic mass is 16.6. The summed E-state index contributed by atoms with van der Waals surface area (Å²) in [5.74, 6) is 0.261. The van der Waals surface area contributed by atoms with E-state index in [1.54, 1.807) is 18.7 Å². The zero-order valence-electron chi connectivity index (χ0n) is 14.5. The number of carbonyl (C=O) groups excluding carboxylic acids is 2. The van der Waals surface area contributed by atoms with Crippen LogP contribution in [-0.4, -0.2) is 42.3 Å². The second-order valence-corrected chi connectivity index (χ2v) is 6.75. The van der Waals surface area contributed by atoms with Crippen LogP contribution in [0.15, 0.2) is 11.6 Å². The van der Waals surface area contributed by atoms with E-state index in [2.05, 4.69) is 0 Å². The van der Waals surface area contributed by atoms with E-state index in [9.17, 15) is 9.59 Å². The molecule has 0 bridgehead atoms. The quantitative estimate of drug-likeness (QED) is 0.588. The predicted octanol–water partition coefficient (Wildman–Crippen LogP) is 3.53. The number of hydrogen-bond donors (Lipinski definition) is 0. The summed E-state index contributed by atoms with van der Waals surface area (Å²) < 4.78 is 10.3. The van der Waals surface area contributed by atoms with Crippen LogP contribution < -0.4 is 0 Å². The molecule has 1 aliphatic rings. The van der Waals surface area contributed by atoms with Gasteiger partial charge in [-0.1, -0.05) is 6.08 Å². The normalized spacial score (nSPS) is 17.3. The fourth-order valence-electron chi connectivity index (χ4n) is 2.35. The third-order valence-electron chi connectivity index (χ3n) is 3.62. The average Bonchev–Trinajstić information content (AvgIpc) is 2.43. The monoisotopic (exact) mass is 311 g/mol. The van der Waals surface area contributed by atoms with Gasteiger partial charge in [-0.15, -0.1) is 0 Å². The van der Waals surface area contributed by atoms with Crippen molar-refractivity contribution in [3.05, 3.63) is 11.6 Å². The molecule has 0 radical (unpaired) electrons. The van der Waals surface area contributed by atoms with Crippen LogP contribution in [0.5, 0.6) is 0 Å². The number of likely N-dealkylation sites (tertiary alicyclic amines) is 1. The lowest BCUT2D eigenvalue weighted by Gasteiger charge is -2.33. The van der Waals surface area contributed by atoms with Gasteiger partial charge < -0.3 is 14.4 Å². The van der Waals surface area contributed by atoms with Gasteiger partial charge in [0, 0.05) is 18.7 Å². The lowest BCUT2D eigenvalue weighted by atomic mass is 9.93. The molecule has 1 saturated heterocycles. The van der Waals surface area contributed by atoms with Crippen LogP contribution in [-0.2, 0) is 14.3 Å². The first-order valence-electron chi connectivity index (χ1n) is 8.04. The van der Waals surface area contributed by atoms with Crippen molar-refractivity contribution in [2.75, 3.05) is 19.7 Å². The first-order valence-corrected chi connectivity index (χ1v) is 8.04. The summed E-state index contributed by atoms with van der Waals surface area (Å²) in [5, 5.41) is 0. The number of carbonyl (C=O) groups is 2. The van der Waals surface area contributed by atoms with Gasteiger partial charge in [-0.2, -0.15) is 0 Å². The van der Waals surface area contributed by atoms with Crippen LogP contribution in [0, 0.1) is 5.92 Å². The highest BCUT2D eigenvalue weighted by Gasteiger charge is 2.26. The summed E-state index contributed by atoms with van der Waals surface area (Å²) in [4.78, 5) is 25.3. The van der Waals surface area contributed by atoms with Crippen molar-refractivity contribution in [3.8, 4) is 0 Å². The molecule has 0 spiro atoms. The number of rotatable bonds is 4. The van der Waals surface area contributed by atoms with E-state index >= 15 is 0 Å². The molecule has 1 amide bonds. The summed E-state index contributed by atoms with van der Waals surface area (Å²) in [7, 11) is 0. The van der Waals surface area contributed by atoms with E-state index in [4.69, 9.17) is 9.47 Å². The number of amides is 1. The average molecular weight is 311 g/mol. The molecule has 1 heterocycles. The van der Waals surface area contributed by atoms with E-state index < -0.39 is 5.60 Å². The van der Waals surface area contributed by atoms with Gasteiger partial charge in [0.05, 0.1) is 6.61 Å². The number of allylic oxidation sites excluding steroid dienone is 1. The van der Waals surface area contributed by atoms with Gasteiger partial charge in [-0.25, -0.2) is 9.59 Å². The van der Waals surface area contributed by atoms with E-state index in [0.29, 0.717) is 31.2 Å². The topological polar surface area (TPSA) is 55.8 Å². The standard InChI is InChI=1S/C17H29NO4/c1-6-21-15(19)13(2)7-8-14-9-11-18(12-10-14)16(20)22-17(3,4)5/h7,14H,6,8-12H2,1-5H3/b13-7-. The molecular weight excluding hydrogens is 282 g/mol. The molecule has 0 aliphatic carbocycles. The van der Waals surface area contributed by atoms with Gasteiger partial charge in [-0.3, -0.25) is 0 Å². The van der Waals surface area contributed by atoms with Crippen molar-refractivity contribution in [1.29, 1.82) is 0 Å². The molecule has 0 atom stereocenters. The smallest absolute Gasteiger partial charge is 0.410 e. The fraction of sp³-hybridized carbons (Fsp3) is 0.765. The molecule has 0 unspecified atom stereocenters. The molecule has 5 nitrogen and oxygen atoms in total. The van der Waals surface area contributed by atoms with E-state index in [-0.39, 0.29) is 12.1 Å². The molecular formula is C17H29NO4. The van der Waals surface area contributed by atoms with Crippen molar-refractivity contribution in [2.45, 2.75) is 59.5 Å². The van der Waals surface area contributed by atoms with Crippen molar-refractivity contribution < 1.29 is 19.1 Å². The van der Waals surface area contributed by atoms with Crippen LogP contribution in [0.25, 0.3) is 0 Å². The van der Waals surface area contributed by atoms with Crippen molar-refractivity contribution in [3.63, 3.8) is 0 Å². The van der Waals surface area contributed by atoms with Gasteiger partial charge in [0.1, 0.15) is 5.60 Å². The Balaban J connectivity index is 2.38. The van der Waals surface area contributed by atoms with Crippen LogP contribution in [0.4, 0.5) is 4.79 Å². The maximum absolute atomic E-state index is 12.0. The first-order chi connectivity index (χ1) is 10.2. The van der Waals surface area contributed by atoms with Crippen LogP contribution in [0.3, 0.4) is 0 Å². The minimum atomic E-state index is -0.451. The lowest BCUT2D eigenvalue weighted by Crippen LogP contribution is -2.41. The van der Waals surface area contributed by atoms with Gasteiger partial charge >= 0.3 is 12.1 Å². The van der Waals surface area contributed by atoms with Gasteiger partial charge in [0.25, 0.3) is 0 Å². The zero-order valence-corrected chi connectivity index (χ0v) is 14.5. The number of ether oxygens (including phenoxy) is 2. The SMILES string of the molecule is CCOC(=O)/C(C)=C\CC1CCN(C(=O)OC(C)(C)C)CC1. The molecule has 0 aromatic rings. The molecule has 0 saturated carbocycles. The maximum Gasteiger partial charge on any atom is 0.410 e. The zero-order chi connectivity index (χ0) is 16.8. The Bertz CT molecular complexity index is 415. The predicted molar refractivity (Wildman–Crippen MR) is 85.5 cm³/mol. The van der Waals surface area contributed by atoms with Crippen molar-refractivity contribution in [1.82, 2.24) is 4.90 Å². The molecule has 126 valence electrons. The molecule has 0 aromatic heterocycles. The summed E-state index contributed by atoms with van der Waals surface area (Å²) in [6, 6.07) is 0. The minimum absolute atomic E-state index is 0.232. The highest BCUT2D eigenvalue weighted by molar-refractivity contribution is 5.87. The Hall–Kier alpha value is -1.52. The van der Waals surface area contributed by atoms with Gasteiger partial charge in [-0.05, 0) is 59.8 Å².